The zero-order valence-electron chi connectivity index (χ0n) is 15.9. The number of rotatable bonds is 7. The van der Waals surface area contributed by atoms with Crippen molar-refractivity contribution in [2.75, 3.05) is 12.5 Å². The van der Waals surface area contributed by atoms with E-state index in [1.807, 2.05) is 0 Å². The number of nitro groups is 1. The fourth-order valence-electron chi connectivity index (χ4n) is 2.40. The van der Waals surface area contributed by atoms with Crippen LogP contribution < -0.4 is 15.6 Å². The topological polar surface area (TPSA) is 146 Å². The van der Waals surface area contributed by atoms with E-state index >= 15 is 0 Å². The average molecular weight is 444 g/mol. The highest BCUT2D eigenvalue weighted by atomic mass is 35.5. The number of ether oxygens (including phenoxy) is 2. The molecule has 158 valence electrons. The summed E-state index contributed by atoms with van der Waals surface area (Å²) in [5.41, 5.74) is 4.61. The Morgan fingerprint density at radius 3 is 2.48 bits per heavy atom. The summed E-state index contributed by atoms with van der Waals surface area (Å²) in [5, 5.41) is 11.9. The third kappa shape index (κ3) is 5.22. The third-order valence-electron chi connectivity index (χ3n) is 3.84. The zero-order valence-corrected chi connectivity index (χ0v) is 16.6. The molecule has 0 radical (unpaired) electrons. The molecular formula is C19H14ClN5O6. The van der Waals surface area contributed by atoms with Crippen LogP contribution >= 0.6 is 11.6 Å². The fraction of sp³-hybridized carbons (Fsp3) is 0.0526. The van der Waals surface area contributed by atoms with Crippen LogP contribution in [-0.4, -0.2) is 33.9 Å². The van der Waals surface area contributed by atoms with E-state index in [1.165, 1.54) is 43.5 Å². The van der Waals surface area contributed by atoms with Gasteiger partial charge in [0.1, 0.15) is 12.1 Å². The second-order valence-electron chi connectivity index (χ2n) is 5.84. The molecule has 3 aromatic rings. The van der Waals surface area contributed by atoms with Crippen molar-refractivity contribution in [3.05, 3.63) is 81.1 Å². The van der Waals surface area contributed by atoms with E-state index in [9.17, 15) is 19.7 Å². The molecule has 2 aromatic carbocycles. The number of amides is 1. The summed E-state index contributed by atoms with van der Waals surface area (Å²) < 4.78 is 10.1. The molecule has 0 unspecified atom stereocenters. The van der Waals surface area contributed by atoms with Crippen molar-refractivity contribution in [3.63, 3.8) is 0 Å². The van der Waals surface area contributed by atoms with Gasteiger partial charge in [0, 0.05) is 10.6 Å². The Labute approximate surface area is 180 Å². The monoisotopic (exact) mass is 443 g/mol. The quantitative estimate of drug-likeness (QED) is 0.318. The van der Waals surface area contributed by atoms with Crippen molar-refractivity contribution in [2.45, 2.75) is 0 Å². The maximum absolute atomic E-state index is 12.2. The maximum Gasteiger partial charge on any atom is 0.374 e. The Morgan fingerprint density at radius 1 is 1.10 bits per heavy atom. The predicted molar refractivity (Wildman–Crippen MR) is 109 cm³/mol. The van der Waals surface area contributed by atoms with Crippen LogP contribution in [0.15, 0.2) is 54.9 Å². The van der Waals surface area contributed by atoms with Gasteiger partial charge in [-0.05, 0) is 42.5 Å². The van der Waals surface area contributed by atoms with Crippen LogP contribution in [0.1, 0.15) is 20.7 Å². The van der Waals surface area contributed by atoms with Gasteiger partial charge in [-0.2, -0.15) is 4.98 Å². The van der Waals surface area contributed by atoms with Crippen LogP contribution in [-0.2, 0) is 4.74 Å². The molecule has 0 atom stereocenters. The first-order chi connectivity index (χ1) is 14.9. The normalized spacial score (nSPS) is 10.1. The van der Waals surface area contributed by atoms with Crippen molar-refractivity contribution in [3.8, 4) is 11.6 Å². The minimum Gasteiger partial charge on any atom is -0.465 e. The summed E-state index contributed by atoms with van der Waals surface area (Å²) in [6.07, 6.45) is 1.03. The standard InChI is InChI=1S/C19H14ClN5O6/c1-30-19(27)11-5-7-14(8-6-11)31-18-15(25(28)29)16(21-10-22-18)23-24-17(26)12-3-2-4-13(20)9-12/h2-10H,1H3,(H,24,26)(H,21,22,23). The number of hydrogen-bond acceptors (Lipinski definition) is 9. The SMILES string of the molecule is COC(=O)c1ccc(Oc2ncnc(NNC(=O)c3cccc(Cl)c3)c2[N+](=O)[O-])cc1. The Balaban J connectivity index is 1.80. The molecule has 2 N–H and O–H groups in total. The third-order valence-corrected chi connectivity index (χ3v) is 4.08. The summed E-state index contributed by atoms with van der Waals surface area (Å²) in [6.45, 7) is 0. The number of carbonyl (C=O) groups is 2. The van der Waals surface area contributed by atoms with Crippen molar-refractivity contribution >= 4 is 35.0 Å². The molecule has 1 aromatic heterocycles. The molecule has 0 saturated heterocycles. The Hall–Kier alpha value is -4.25. The number of aromatic nitrogens is 2. The Bertz CT molecular complexity index is 1140. The van der Waals surface area contributed by atoms with Crippen LogP contribution in [0.2, 0.25) is 5.02 Å². The summed E-state index contributed by atoms with van der Waals surface area (Å²) in [5.74, 6) is -1.61. The van der Waals surface area contributed by atoms with Crippen molar-refractivity contribution in [1.82, 2.24) is 15.4 Å². The Morgan fingerprint density at radius 2 is 1.84 bits per heavy atom. The summed E-state index contributed by atoms with van der Waals surface area (Å²) in [7, 11) is 1.25. The molecule has 0 fully saturated rings. The van der Waals surface area contributed by atoms with Gasteiger partial charge in [0.25, 0.3) is 5.91 Å². The molecule has 0 aliphatic heterocycles. The molecule has 31 heavy (non-hydrogen) atoms. The van der Waals surface area contributed by atoms with Crippen molar-refractivity contribution in [1.29, 1.82) is 0 Å². The molecular weight excluding hydrogens is 430 g/mol. The van der Waals surface area contributed by atoms with Crippen molar-refractivity contribution in [2.24, 2.45) is 0 Å². The predicted octanol–water partition coefficient (Wildman–Crippen LogP) is 3.37. The number of hydrogen-bond donors (Lipinski definition) is 2. The van der Waals surface area contributed by atoms with E-state index in [0.29, 0.717) is 5.02 Å². The average Bonchev–Trinajstić information content (AvgIpc) is 2.77. The van der Waals surface area contributed by atoms with E-state index in [0.717, 1.165) is 6.33 Å². The van der Waals surface area contributed by atoms with E-state index < -0.39 is 22.5 Å². The molecule has 11 nitrogen and oxygen atoms in total. The zero-order chi connectivity index (χ0) is 22.4. The first-order valence-corrected chi connectivity index (χ1v) is 8.94. The Kier molecular flexibility index (Phi) is 6.58. The number of anilines is 1. The number of nitrogens with zero attached hydrogens (tertiary/aromatic N) is 3. The van der Waals surface area contributed by atoms with Crippen LogP contribution in [0.4, 0.5) is 11.5 Å². The first-order valence-electron chi connectivity index (χ1n) is 8.56. The van der Waals surface area contributed by atoms with E-state index in [2.05, 4.69) is 25.6 Å². The second kappa shape index (κ2) is 9.50. The number of halogens is 1. The minimum absolute atomic E-state index is 0.184. The highest BCUT2D eigenvalue weighted by Gasteiger charge is 2.25. The molecule has 0 aliphatic carbocycles. The van der Waals surface area contributed by atoms with E-state index in [4.69, 9.17) is 16.3 Å². The van der Waals surface area contributed by atoms with Crippen molar-refractivity contribution < 1.29 is 24.0 Å². The van der Waals surface area contributed by atoms with Gasteiger partial charge in [-0.15, -0.1) is 0 Å². The van der Waals surface area contributed by atoms with Gasteiger partial charge >= 0.3 is 17.5 Å². The molecule has 3 rings (SSSR count). The van der Waals surface area contributed by atoms with Crippen LogP contribution in [0, 0.1) is 10.1 Å². The second-order valence-corrected chi connectivity index (χ2v) is 6.28. The maximum atomic E-state index is 12.2. The van der Waals surface area contributed by atoms with Gasteiger partial charge in [-0.25, -0.2) is 9.78 Å². The van der Waals surface area contributed by atoms with Gasteiger partial charge in [0.05, 0.1) is 17.6 Å². The van der Waals surface area contributed by atoms with Gasteiger partial charge in [-0.3, -0.25) is 25.8 Å². The molecule has 0 saturated carbocycles. The summed E-state index contributed by atoms with van der Waals surface area (Å²) >= 11 is 5.85. The number of benzene rings is 2. The van der Waals surface area contributed by atoms with Crippen LogP contribution in [0.5, 0.6) is 11.6 Å². The molecule has 12 heteroatoms. The fourth-order valence-corrected chi connectivity index (χ4v) is 2.59. The summed E-state index contributed by atoms with van der Waals surface area (Å²) in [4.78, 5) is 42.1. The highest BCUT2D eigenvalue weighted by Crippen LogP contribution is 2.33. The van der Waals surface area contributed by atoms with Crippen LogP contribution in [0.25, 0.3) is 0 Å². The smallest absolute Gasteiger partial charge is 0.374 e. The van der Waals surface area contributed by atoms with Crippen LogP contribution in [0.3, 0.4) is 0 Å². The number of methoxy groups -OCH3 is 1. The number of nitrogens with one attached hydrogen (secondary N) is 2. The number of carbonyl (C=O) groups excluding carboxylic acids is 2. The number of esters is 1. The molecule has 0 spiro atoms. The lowest BCUT2D eigenvalue weighted by molar-refractivity contribution is -0.385. The lowest BCUT2D eigenvalue weighted by Crippen LogP contribution is -2.30. The van der Waals surface area contributed by atoms with E-state index in [1.54, 1.807) is 12.1 Å². The van der Waals surface area contributed by atoms with Gasteiger partial charge in [0.15, 0.2) is 0 Å². The molecule has 1 heterocycles. The van der Waals surface area contributed by atoms with Gasteiger partial charge in [0.2, 0.25) is 5.82 Å². The van der Waals surface area contributed by atoms with E-state index in [-0.39, 0.29) is 28.6 Å². The molecule has 1 amide bonds. The lowest BCUT2D eigenvalue weighted by Gasteiger charge is -2.10. The highest BCUT2D eigenvalue weighted by molar-refractivity contribution is 6.30. The van der Waals surface area contributed by atoms with Gasteiger partial charge < -0.3 is 9.47 Å². The van der Waals surface area contributed by atoms with Gasteiger partial charge in [-0.1, -0.05) is 17.7 Å². The minimum atomic E-state index is -0.758. The largest absolute Gasteiger partial charge is 0.465 e. The lowest BCUT2D eigenvalue weighted by atomic mass is 10.2. The first kappa shape index (κ1) is 21.5. The molecule has 0 aliphatic rings. The number of hydrazine groups is 1. The molecule has 0 bridgehead atoms. The summed E-state index contributed by atoms with van der Waals surface area (Å²) in [6, 6.07) is 11.8.